The number of benzene rings is 2. The molecule has 4 heterocycles. The zero-order valence-corrected chi connectivity index (χ0v) is 18.4. The van der Waals surface area contributed by atoms with Gasteiger partial charge in [-0.3, -0.25) is 4.90 Å². The lowest BCUT2D eigenvalue weighted by Gasteiger charge is -2.50. The van der Waals surface area contributed by atoms with Crippen LogP contribution >= 0.6 is 0 Å². The quantitative estimate of drug-likeness (QED) is 0.773. The molecule has 2 aromatic rings. The van der Waals surface area contributed by atoms with Gasteiger partial charge < -0.3 is 4.90 Å². The third kappa shape index (κ3) is 3.88. The maximum absolute atomic E-state index is 12.7. The third-order valence-corrected chi connectivity index (χ3v) is 8.73. The van der Waals surface area contributed by atoms with Gasteiger partial charge in [0.05, 0.1) is 4.90 Å². The Hall–Kier alpha value is -1.89. The number of nitrogens with zero attached hydrogens (tertiary/aromatic N) is 2. The van der Waals surface area contributed by atoms with Gasteiger partial charge in [-0.05, 0) is 68.3 Å². The first-order chi connectivity index (χ1) is 14.5. The number of hydrogen-bond acceptors (Lipinski definition) is 4. The maximum Gasteiger partial charge on any atom is 0.240 e. The zero-order valence-electron chi connectivity index (χ0n) is 17.6. The van der Waals surface area contributed by atoms with Gasteiger partial charge in [-0.2, -0.15) is 0 Å². The predicted octanol–water partition coefficient (Wildman–Crippen LogP) is 3.05. The number of aryl methyl sites for hydroxylation is 1. The van der Waals surface area contributed by atoms with Crippen LogP contribution in [0.25, 0.3) is 0 Å². The second-order valence-electron chi connectivity index (χ2n) is 9.18. The van der Waals surface area contributed by atoms with E-state index in [1.165, 1.54) is 17.7 Å². The molecule has 0 saturated carbocycles. The smallest absolute Gasteiger partial charge is 0.240 e. The van der Waals surface area contributed by atoms with E-state index in [4.69, 9.17) is 0 Å². The Morgan fingerprint density at radius 2 is 1.87 bits per heavy atom. The Labute approximate surface area is 180 Å². The van der Waals surface area contributed by atoms with E-state index < -0.39 is 10.0 Å². The summed E-state index contributed by atoms with van der Waals surface area (Å²) >= 11 is 0. The number of rotatable bonds is 6. The lowest BCUT2D eigenvalue weighted by atomic mass is 9.75. The summed E-state index contributed by atoms with van der Waals surface area (Å²) in [5.41, 5.74) is 3.95. The molecule has 1 N–H and O–H groups in total. The van der Waals surface area contributed by atoms with Crippen molar-refractivity contribution in [2.75, 3.05) is 37.6 Å². The Morgan fingerprint density at radius 1 is 1.07 bits per heavy atom. The number of piperidine rings is 3. The van der Waals surface area contributed by atoms with Crippen molar-refractivity contribution < 1.29 is 8.42 Å². The molecule has 0 aromatic heterocycles. The fourth-order valence-corrected chi connectivity index (χ4v) is 6.63. The first-order valence-corrected chi connectivity index (χ1v) is 12.6. The molecule has 4 aliphatic rings. The van der Waals surface area contributed by atoms with E-state index in [-0.39, 0.29) is 0 Å². The largest absolute Gasteiger partial charge is 0.371 e. The Bertz CT molecular complexity index is 1010. The van der Waals surface area contributed by atoms with Crippen LogP contribution in [0.2, 0.25) is 0 Å². The maximum atomic E-state index is 12.7. The van der Waals surface area contributed by atoms with Crippen LogP contribution in [0, 0.1) is 18.8 Å². The summed E-state index contributed by atoms with van der Waals surface area (Å²) in [6.45, 7) is 6.90. The van der Waals surface area contributed by atoms with Crippen molar-refractivity contribution >= 4 is 15.7 Å². The molecule has 160 valence electrons. The molecule has 5 nitrogen and oxygen atoms in total. The van der Waals surface area contributed by atoms with Crippen LogP contribution in [0.1, 0.15) is 24.0 Å². The van der Waals surface area contributed by atoms with Gasteiger partial charge in [-0.25, -0.2) is 13.1 Å². The molecule has 1 unspecified atom stereocenters. The minimum Gasteiger partial charge on any atom is -0.371 e. The van der Waals surface area contributed by atoms with Gasteiger partial charge in [-0.15, -0.1) is 0 Å². The summed E-state index contributed by atoms with van der Waals surface area (Å²) in [6, 6.07) is 16.2. The van der Waals surface area contributed by atoms with Crippen molar-refractivity contribution in [1.29, 1.82) is 0 Å². The molecule has 2 bridgehead atoms. The highest BCUT2D eigenvalue weighted by molar-refractivity contribution is 7.89. The molecular formula is C24H31N3O2S. The summed E-state index contributed by atoms with van der Waals surface area (Å²) in [5.74, 6) is 1.37. The fourth-order valence-electron chi connectivity index (χ4n) is 5.55. The van der Waals surface area contributed by atoms with E-state index in [1.54, 1.807) is 12.1 Å². The Morgan fingerprint density at radius 3 is 2.63 bits per heavy atom. The Kier molecular flexibility index (Phi) is 5.33. The summed E-state index contributed by atoms with van der Waals surface area (Å²) < 4.78 is 28.2. The van der Waals surface area contributed by atoms with Crippen molar-refractivity contribution in [3.8, 4) is 0 Å². The van der Waals surface area contributed by atoms with Gasteiger partial charge >= 0.3 is 0 Å². The summed E-state index contributed by atoms with van der Waals surface area (Å²) in [5, 5.41) is 0. The van der Waals surface area contributed by atoms with Gasteiger partial charge in [0.25, 0.3) is 0 Å². The van der Waals surface area contributed by atoms with Crippen LogP contribution in [-0.4, -0.2) is 52.1 Å². The number of sulfonamides is 1. The van der Waals surface area contributed by atoms with Crippen LogP contribution in [0.15, 0.2) is 53.4 Å². The normalized spacial score (nSPS) is 28.0. The van der Waals surface area contributed by atoms with Gasteiger partial charge in [0.2, 0.25) is 10.0 Å². The second-order valence-corrected chi connectivity index (χ2v) is 10.9. The van der Waals surface area contributed by atoms with Crippen LogP contribution in [-0.2, 0) is 16.4 Å². The molecule has 6 rings (SSSR count). The first-order valence-electron chi connectivity index (χ1n) is 11.1. The van der Waals surface area contributed by atoms with E-state index >= 15 is 0 Å². The topological polar surface area (TPSA) is 52.7 Å². The second kappa shape index (κ2) is 7.98. The van der Waals surface area contributed by atoms with Crippen molar-refractivity contribution in [3.63, 3.8) is 0 Å². The average molecular weight is 426 g/mol. The monoisotopic (exact) mass is 425 g/mol. The number of hydrogen-bond donors (Lipinski definition) is 1. The van der Waals surface area contributed by atoms with Crippen LogP contribution < -0.4 is 9.62 Å². The lowest BCUT2D eigenvalue weighted by molar-refractivity contribution is 0.00670. The standard InChI is InChI=1S/C24H31N3O2S/c1-18-6-8-23(9-7-18)30(28,29)25-15-22-14-20-11-12-26(22)16-21(20)17-27-13-10-19-4-2-3-5-24(19)27/h2-9,20-22,25H,10-17H2,1H3/t20-,21+,22+/m0/s1. The minimum absolute atomic E-state index is 0.311. The van der Waals surface area contributed by atoms with Crippen LogP contribution in [0.5, 0.6) is 0 Å². The van der Waals surface area contributed by atoms with Crippen LogP contribution in [0.3, 0.4) is 0 Å². The molecule has 4 aliphatic heterocycles. The molecule has 3 fully saturated rings. The highest BCUT2D eigenvalue weighted by Gasteiger charge is 2.41. The minimum atomic E-state index is -3.44. The summed E-state index contributed by atoms with van der Waals surface area (Å²) in [7, 11) is -3.44. The molecule has 4 atom stereocenters. The SMILES string of the molecule is Cc1ccc(S(=O)(=O)NC[C@H]2C[C@@H]3CCN2C[C@@H]3CN2CCc3ccccc32)cc1. The summed E-state index contributed by atoms with van der Waals surface area (Å²) in [4.78, 5) is 5.44. The Balaban J connectivity index is 1.19. The number of nitrogens with one attached hydrogen (secondary N) is 1. The zero-order chi connectivity index (χ0) is 20.7. The third-order valence-electron chi connectivity index (χ3n) is 7.29. The van der Waals surface area contributed by atoms with Crippen molar-refractivity contribution in [1.82, 2.24) is 9.62 Å². The highest BCUT2D eigenvalue weighted by atomic mass is 32.2. The number of para-hydroxylation sites is 1. The van der Waals surface area contributed by atoms with Gasteiger partial charge in [0.15, 0.2) is 0 Å². The molecule has 0 spiro atoms. The average Bonchev–Trinajstić information content (AvgIpc) is 3.16. The highest BCUT2D eigenvalue weighted by Crippen LogP contribution is 2.38. The van der Waals surface area contributed by atoms with Gasteiger partial charge in [-0.1, -0.05) is 35.9 Å². The molecule has 0 radical (unpaired) electrons. The van der Waals surface area contributed by atoms with E-state index in [2.05, 4.69) is 38.8 Å². The van der Waals surface area contributed by atoms with Crippen molar-refractivity contribution in [3.05, 3.63) is 59.7 Å². The van der Waals surface area contributed by atoms with Crippen molar-refractivity contribution in [2.45, 2.75) is 37.1 Å². The molecule has 30 heavy (non-hydrogen) atoms. The molecule has 0 amide bonds. The summed E-state index contributed by atoms with van der Waals surface area (Å²) in [6.07, 6.45) is 3.48. The number of fused-ring (bicyclic) bond motifs is 4. The van der Waals surface area contributed by atoms with Gasteiger partial charge in [0, 0.05) is 37.9 Å². The number of anilines is 1. The molecular weight excluding hydrogens is 394 g/mol. The van der Waals surface area contributed by atoms with E-state index in [0.717, 1.165) is 44.6 Å². The molecule has 6 heteroatoms. The van der Waals surface area contributed by atoms with E-state index in [1.807, 2.05) is 19.1 Å². The van der Waals surface area contributed by atoms with Crippen LogP contribution in [0.4, 0.5) is 5.69 Å². The first kappa shape index (κ1) is 20.0. The molecule has 2 aromatic carbocycles. The van der Waals surface area contributed by atoms with Crippen molar-refractivity contribution in [2.24, 2.45) is 11.8 Å². The fraction of sp³-hybridized carbons (Fsp3) is 0.500. The van der Waals surface area contributed by atoms with Gasteiger partial charge in [0.1, 0.15) is 0 Å². The van der Waals surface area contributed by atoms with E-state index in [0.29, 0.717) is 29.3 Å². The lowest BCUT2D eigenvalue weighted by Crippen LogP contribution is -2.58. The molecule has 3 saturated heterocycles. The van der Waals surface area contributed by atoms with E-state index in [9.17, 15) is 8.42 Å². The molecule has 0 aliphatic carbocycles. The predicted molar refractivity (Wildman–Crippen MR) is 120 cm³/mol.